The minimum Gasteiger partial charge on any atom is -0.486 e. The summed E-state index contributed by atoms with van der Waals surface area (Å²) in [5.41, 5.74) is 0. The lowest BCUT2D eigenvalue weighted by Gasteiger charge is -2.22. The summed E-state index contributed by atoms with van der Waals surface area (Å²) in [5.74, 6) is 0.262. The average Bonchev–Trinajstić information content (AvgIpc) is 2.99. The molecular weight excluding hydrogens is 380 g/mol. The van der Waals surface area contributed by atoms with Gasteiger partial charge in [-0.05, 0) is 42.8 Å². The quantitative estimate of drug-likeness (QED) is 0.718. The summed E-state index contributed by atoms with van der Waals surface area (Å²) in [6.07, 6.45) is -3.79. The van der Waals surface area contributed by atoms with Crippen LogP contribution in [0.3, 0.4) is 0 Å². The first-order chi connectivity index (χ1) is 13.3. The molecule has 2 heterocycles. The molecule has 9 heteroatoms. The van der Waals surface area contributed by atoms with E-state index in [1.807, 2.05) is 0 Å². The fourth-order valence-corrected chi connectivity index (χ4v) is 3.00. The van der Waals surface area contributed by atoms with Crippen LogP contribution in [0, 0.1) is 5.82 Å². The maximum absolute atomic E-state index is 12.9. The Bertz CT molecular complexity index is 789. The molecule has 1 aliphatic rings. The molecule has 152 valence electrons. The van der Waals surface area contributed by atoms with Crippen LogP contribution in [0.15, 0.2) is 40.8 Å². The maximum atomic E-state index is 12.9. The molecule has 1 amide bonds. The number of benzene rings is 1. The molecule has 3 rings (SSSR count). The monoisotopic (exact) mass is 400 g/mol. The van der Waals surface area contributed by atoms with E-state index in [0.717, 1.165) is 0 Å². The molecule has 0 unspecified atom stereocenters. The van der Waals surface area contributed by atoms with Crippen LogP contribution in [0.4, 0.5) is 17.6 Å². The predicted octanol–water partition coefficient (Wildman–Crippen LogP) is 3.71. The zero-order valence-corrected chi connectivity index (χ0v) is 15.0. The Morgan fingerprint density at radius 1 is 1.04 bits per heavy atom. The number of carbonyl (C=O) groups is 1. The average molecular weight is 400 g/mol. The molecule has 0 bridgehead atoms. The lowest BCUT2D eigenvalue weighted by Crippen LogP contribution is -2.38. The summed E-state index contributed by atoms with van der Waals surface area (Å²) in [6.45, 7) is 0.121. The third kappa shape index (κ3) is 5.72. The second-order valence-corrected chi connectivity index (χ2v) is 6.55. The summed E-state index contributed by atoms with van der Waals surface area (Å²) in [5, 5.41) is 0. The largest absolute Gasteiger partial charge is 0.486 e. The Kier molecular flexibility index (Phi) is 6.23. The molecule has 0 atom stereocenters. The molecule has 0 aliphatic carbocycles. The van der Waals surface area contributed by atoms with E-state index in [4.69, 9.17) is 9.15 Å². The van der Waals surface area contributed by atoms with Crippen molar-refractivity contribution in [3.8, 4) is 5.75 Å². The fourth-order valence-electron chi connectivity index (χ4n) is 3.00. The van der Waals surface area contributed by atoms with Crippen molar-refractivity contribution in [1.29, 1.82) is 0 Å². The van der Waals surface area contributed by atoms with Crippen molar-refractivity contribution in [2.45, 2.75) is 19.2 Å². The number of alkyl halides is 3. The first kappa shape index (κ1) is 20.2. The molecule has 1 aromatic carbocycles. The highest BCUT2D eigenvalue weighted by Crippen LogP contribution is 2.19. The molecule has 0 saturated carbocycles. The minimum absolute atomic E-state index is 0.0677. The SMILES string of the molecule is O=C(c1ccc(COc2ccc(F)cc2)o1)N1CCCN(CC(F)(F)F)CC1. The summed E-state index contributed by atoms with van der Waals surface area (Å²) >= 11 is 0. The van der Waals surface area contributed by atoms with E-state index in [9.17, 15) is 22.4 Å². The van der Waals surface area contributed by atoms with E-state index >= 15 is 0 Å². The molecule has 1 saturated heterocycles. The summed E-state index contributed by atoms with van der Waals surface area (Å²) in [4.78, 5) is 15.4. The van der Waals surface area contributed by atoms with Crippen LogP contribution in [0.5, 0.6) is 5.75 Å². The Balaban J connectivity index is 1.54. The highest BCUT2D eigenvalue weighted by Gasteiger charge is 2.32. The Labute approximate surface area is 159 Å². The number of carbonyl (C=O) groups excluding carboxylic acids is 1. The van der Waals surface area contributed by atoms with Crippen molar-refractivity contribution >= 4 is 5.91 Å². The number of furan rings is 1. The molecule has 2 aromatic rings. The van der Waals surface area contributed by atoms with Crippen LogP contribution >= 0.6 is 0 Å². The Morgan fingerprint density at radius 2 is 1.79 bits per heavy atom. The zero-order chi connectivity index (χ0) is 20.1. The maximum Gasteiger partial charge on any atom is 0.401 e. The van der Waals surface area contributed by atoms with Gasteiger partial charge in [0, 0.05) is 26.2 Å². The molecule has 1 aromatic heterocycles. The number of amides is 1. The third-order valence-corrected chi connectivity index (χ3v) is 4.35. The van der Waals surface area contributed by atoms with Gasteiger partial charge in [0.1, 0.15) is 23.9 Å². The number of ether oxygens (including phenoxy) is 1. The highest BCUT2D eigenvalue weighted by molar-refractivity contribution is 5.91. The van der Waals surface area contributed by atoms with Crippen molar-refractivity contribution < 1.29 is 31.5 Å². The van der Waals surface area contributed by atoms with Crippen molar-refractivity contribution in [2.75, 3.05) is 32.7 Å². The van der Waals surface area contributed by atoms with E-state index in [2.05, 4.69) is 0 Å². The molecule has 28 heavy (non-hydrogen) atoms. The van der Waals surface area contributed by atoms with Crippen molar-refractivity contribution in [3.05, 3.63) is 53.7 Å². The lowest BCUT2D eigenvalue weighted by atomic mass is 10.3. The number of rotatable bonds is 5. The van der Waals surface area contributed by atoms with Crippen molar-refractivity contribution in [1.82, 2.24) is 9.80 Å². The number of hydrogen-bond donors (Lipinski definition) is 0. The van der Waals surface area contributed by atoms with Crippen LogP contribution in [-0.2, 0) is 6.61 Å². The van der Waals surface area contributed by atoms with Crippen LogP contribution < -0.4 is 4.74 Å². The summed E-state index contributed by atoms with van der Waals surface area (Å²) < 4.78 is 61.5. The molecular formula is C19H20F4N2O3. The fraction of sp³-hybridized carbons (Fsp3) is 0.421. The van der Waals surface area contributed by atoms with Crippen LogP contribution in [0.2, 0.25) is 0 Å². The Morgan fingerprint density at radius 3 is 2.50 bits per heavy atom. The molecule has 1 aliphatic heterocycles. The van der Waals surface area contributed by atoms with Gasteiger partial charge in [-0.1, -0.05) is 0 Å². The lowest BCUT2D eigenvalue weighted by molar-refractivity contribution is -0.145. The predicted molar refractivity (Wildman–Crippen MR) is 92.5 cm³/mol. The topological polar surface area (TPSA) is 45.9 Å². The van der Waals surface area contributed by atoms with E-state index in [0.29, 0.717) is 24.5 Å². The standard InChI is InChI=1S/C19H20F4N2O3/c20-14-2-4-15(5-3-14)27-12-16-6-7-17(28-16)18(26)25-9-1-8-24(10-11-25)13-19(21,22)23/h2-7H,1,8-13H2. The van der Waals surface area contributed by atoms with Gasteiger partial charge in [-0.25, -0.2) is 4.39 Å². The van der Waals surface area contributed by atoms with Crippen LogP contribution in [0.25, 0.3) is 0 Å². The van der Waals surface area contributed by atoms with Crippen LogP contribution in [-0.4, -0.2) is 54.6 Å². The normalized spacial score (nSPS) is 16.1. The van der Waals surface area contributed by atoms with Gasteiger partial charge in [0.15, 0.2) is 5.76 Å². The van der Waals surface area contributed by atoms with Gasteiger partial charge in [0.05, 0.1) is 6.54 Å². The van der Waals surface area contributed by atoms with Gasteiger partial charge < -0.3 is 14.1 Å². The summed E-state index contributed by atoms with van der Waals surface area (Å²) in [7, 11) is 0. The van der Waals surface area contributed by atoms with Crippen molar-refractivity contribution in [3.63, 3.8) is 0 Å². The van der Waals surface area contributed by atoms with Gasteiger partial charge in [0.2, 0.25) is 0 Å². The number of halogens is 4. The first-order valence-electron chi connectivity index (χ1n) is 8.86. The highest BCUT2D eigenvalue weighted by atomic mass is 19.4. The number of nitrogens with zero attached hydrogens (tertiary/aromatic N) is 2. The Hall–Kier alpha value is -2.55. The molecule has 0 spiro atoms. The smallest absolute Gasteiger partial charge is 0.401 e. The van der Waals surface area contributed by atoms with Gasteiger partial charge in [-0.15, -0.1) is 0 Å². The minimum atomic E-state index is -4.25. The van der Waals surface area contributed by atoms with Gasteiger partial charge in [0.25, 0.3) is 5.91 Å². The van der Waals surface area contributed by atoms with Gasteiger partial charge in [-0.3, -0.25) is 9.69 Å². The molecule has 0 radical (unpaired) electrons. The van der Waals surface area contributed by atoms with E-state index in [1.54, 1.807) is 6.07 Å². The van der Waals surface area contributed by atoms with E-state index < -0.39 is 12.7 Å². The van der Waals surface area contributed by atoms with Crippen LogP contribution in [0.1, 0.15) is 22.7 Å². The van der Waals surface area contributed by atoms with Gasteiger partial charge in [-0.2, -0.15) is 13.2 Å². The summed E-state index contributed by atoms with van der Waals surface area (Å²) in [6, 6.07) is 8.62. The first-order valence-corrected chi connectivity index (χ1v) is 8.86. The second kappa shape index (κ2) is 8.64. The number of hydrogen-bond acceptors (Lipinski definition) is 4. The molecule has 0 N–H and O–H groups in total. The van der Waals surface area contributed by atoms with E-state index in [-0.39, 0.29) is 43.7 Å². The zero-order valence-electron chi connectivity index (χ0n) is 15.0. The van der Waals surface area contributed by atoms with E-state index in [1.165, 1.54) is 40.1 Å². The van der Waals surface area contributed by atoms with Crippen molar-refractivity contribution in [2.24, 2.45) is 0 Å². The molecule has 1 fully saturated rings. The van der Waals surface area contributed by atoms with Gasteiger partial charge >= 0.3 is 6.18 Å². The molecule has 5 nitrogen and oxygen atoms in total. The second-order valence-electron chi connectivity index (χ2n) is 6.55. The third-order valence-electron chi connectivity index (χ3n) is 4.35.